The van der Waals surface area contributed by atoms with Crippen LogP contribution in [0.5, 0.6) is 0 Å². The van der Waals surface area contributed by atoms with Gasteiger partial charge in [0, 0.05) is 18.1 Å². The molecule has 0 spiro atoms. The van der Waals surface area contributed by atoms with Gasteiger partial charge in [0.2, 0.25) is 0 Å². The smallest absolute Gasteiger partial charge is 0.148 e. The van der Waals surface area contributed by atoms with E-state index in [0.717, 1.165) is 25.5 Å². The van der Waals surface area contributed by atoms with Crippen molar-refractivity contribution in [2.75, 3.05) is 7.11 Å². The van der Waals surface area contributed by atoms with E-state index in [-0.39, 0.29) is 22.9 Å². The molecule has 0 heterocycles. The molecule has 0 aromatic carbocycles. The zero-order valence-corrected chi connectivity index (χ0v) is 15.8. The number of hydrogen-bond acceptors (Lipinski definition) is 3. The highest BCUT2D eigenvalue weighted by Gasteiger charge is 2.55. The van der Waals surface area contributed by atoms with Gasteiger partial charge in [0.05, 0.1) is 12.2 Å². The topological polar surface area (TPSA) is 46.5 Å². The first-order chi connectivity index (χ1) is 11.3. The van der Waals surface area contributed by atoms with Crippen LogP contribution in [-0.2, 0) is 9.53 Å². The predicted octanol–water partition coefficient (Wildman–Crippen LogP) is 4.06. The van der Waals surface area contributed by atoms with Crippen LogP contribution in [0.3, 0.4) is 0 Å². The zero-order chi connectivity index (χ0) is 17.7. The first-order valence-corrected chi connectivity index (χ1v) is 9.38. The molecule has 1 saturated carbocycles. The highest BCUT2D eigenvalue weighted by Crippen LogP contribution is 2.63. The first-order valence-electron chi connectivity index (χ1n) is 9.38. The Balaban J connectivity index is 2.13. The minimum Gasteiger partial charge on any atom is -0.388 e. The minimum absolute atomic E-state index is 0.207. The largest absolute Gasteiger partial charge is 0.388 e. The Kier molecular flexibility index (Phi) is 4.55. The predicted molar refractivity (Wildman–Crippen MR) is 95.6 cm³/mol. The Hall–Kier alpha value is -0.930. The van der Waals surface area contributed by atoms with Crippen molar-refractivity contribution in [2.45, 2.75) is 72.0 Å². The molecule has 0 amide bonds. The summed E-state index contributed by atoms with van der Waals surface area (Å²) in [5.41, 5.74) is 3.82. The Morgan fingerprint density at radius 1 is 1.29 bits per heavy atom. The monoisotopic (exact) mass is 332 g/mol. The Morgan fingerprint density at radius 2 is 2.00 bits per heavy atom. The van der Waals surface area contributed by atoms with Crippen LogP contribution in [0.2, 0.25) is 0 Å². The molecule has 0 unspecified atom stereocenters. The highest BCUT2D eigenvalue weighted by atomic mass is 16.5. The molecule has 3 rings (SSSR count). The number of carbonyl (C=O) groups excluding carboxylic acids is 1. The fraction of sp³-hybridized carbons (Fsp3) is 0.762. The van der Waals surface area contributed by atoms with Crippen LogP contribution >= 0.6 is 0 Å². The number of rotatable bonds is 3. The molecule has 0 aromatic heterocycles. The van der Waals surface area contributed by atoms with E-state index in [1.807, 2.05) is 0 Å². The molecule has 1 N–H and O–H groups in total. The van der Waals surface area contributed by atoms with Gasteiger partial charge < -0.3 is 9.84 Å². The minimum atomic E-state index is -0.589. The van der Waals surface area contributed by atoms with Gasteiger partial charge in [-0.15, -0.1) is 0 Å². The summed E-state index contributed by atoms with van der Waals surface area (Å²) in [5, 5.41) is 11.0. The van der Waals surface area contributed by atoms with E-state index < -0.39 is 6.10 Å². The third-order valence-electron chi connectivity index (χ3n) is 7.27. The van der Waals surface area contributed by atoms with Crippen LogP contribution in [-0.4, -0.2) is 30.7 Å². The summed E-state index contributed by atoms with van der Waals surface area (Å²) < 4.78 is 5.66. The molecule has 3 aliphatic carbocycles. The van der Waals surface area contributed by atoms with Gasteiger partial charge in [-0.25, -0.2) is 0 Å². The van der Waals surface area contributed by atoms with Gasteiger partial charge in [0.1, 0.15) is 6.29 Å². The van der Waals surface area contributed by atoms with Crippen LogP contribution in [0, 0.1) is 22.7 Å². The van der Waals surface area contributed by atoms with Crippen molar-refractivity contribution in [3.63, 3.8) is 0 Å². The number of aliphatic hydroxyl groups excluding tert-OH is 1. The van der Waals surface area contributed by atoms with Crippen LogP contribution in [0.25, 0.3) is 0 Å². The molecule has 5 atom stereocenters. The van der Waals surface area contributed by atoms with Gasteiger partial charge >= 0.3 is 0 Å². The van der Waals surface area contributed by atoms with E-state index in [2.05, 4.69) is 27.7 Å². The van der Waals surface area contributed by atoms with E-state index >= 15 is 0 Å². The lowest BCUT2D eigenvalue weighted by Crippen LogP contribution is -2.46. The molecule has 0 saturated heterocycles. The second-order valence-corrected chi connectivity index (χ2v) is 8.90. The first kappa shape index (κ1) is 17.9. The third kappa shape index (κ3) is 2.52. The summed E-state index contributed by atoms with van der Waals surface area (Å²) in [5.74, 6) is 0.828. The molecule has 24 heavy (non-hydrogen) atoms. The number of ether oxygens (including phenoxy) is 1. The van der Waals surface area contributed by atoms with Crippen molar-refractivity contribution in [3.05, 3.63) is 22.8 Å². The third-order valence-corrected chi connectivity index (χ3v) is 7.27. The van der Waals surface area contributed by atoms with Crippen molar-refractivity contribution in [1.82, 2.24) is 0 Å². The summed E-state index contributed by atoms with van der Waals surface area (Å²) in [6.45, 7) is 9.19. The Labute approximate surface area is 146 Å². The lowest BCUT2D eigenvalue weighted by atomic mass is 9.54. The number of allylic oxidation sites excluding steroid dienone is 2. The van der Waals surface area contributed by atoms with Gasteiger partial charge in [-0.2, -0.15) is 0 Å². The molecule has 3 aliphatic rings. The SMILES string of the molecule is CO[C@@H]1C[C@@H]2C3=C(C(C)C)CC[C@]3(C)CC[C@@]2(C)[C@@H](O)C=C1C=O. The Bertz CT molecular complexity index is 588. The average Bonchev–Trinajstić information content (AvgIpc) is 2.85. The molecule has 0 aliphatic heterocycles. The lowest BCUT2D eigenvalue weighted by Gasteiger charge is -2.51. The normalized spacial score (nSPS) is 42.5. The zero-order valence-electron chi connectivity index (χ0n) is 15.8. The lowest BCUT2D eigenvalue weighted by molar-refractivity contribution is -0.106. The van der Waals surface area contributed by atoms with E-state index in [1.165, 1.54) is 12.8 Å². The maximum Gasteiger partial charge on any atom is 0.148 e. The van der Waals surface area contributed by atoms with E-state index in [1.54, 1.807) is 24.3 Å². The fourth-order valence-electron chi connectivity index (χ4n) is 5.54. The molecule has 134 valence electrons. The van der Waals surface area contributed by atoms with Gasteiger partial charge in [-0.3, -0.25) is 4.79 Å². The number of methoxy groups -OCH3 is 1. The van der Waals surface area contributed by atoms with Crippen molar-refractivity contribution in [1.29, 1.82) is 0 Å². The van der Waals surface area contributed by atoms with Crippen LogP contribution in [0.4, 0.5) is 0 Å². The van der Waals surface area contributed by atoms with Gasteiger partial charge in [0.25, 0.3) is 0 Å². The number of fused-ring (bicyclic) bond motifs is 3. The van der Waals surface area contributed by atoms with E-state index in [9.17, 15) is 9.90 Å². The molecule has 1 fully saturated rings. The van der Waals surface area contributed by atoms with Crippen molar-refractivity contribution >= 4 is 6.29 Å². The van der Waals surface area contributed by atoms with Crippen molar-refractivity contribution < 1.29 is 14.6 Å². The maximum atomic E-state index is 11.5. The number of hydrogen-bond donors (Lipinski definition) is 1. The summed E-state index contributed by atoms with van der Waals surface area (Å²) in [6, 6.07) is 0. The molecule has 0 radical (unpaired) electrons. The van der Waals surface area contributed by atoms with Gasteiger partial charge in [0.15, 0.2) is 0 Å². The van der Waals surface area contributed by atoms with E-state index in [0.29, 0.717) is 11.5 Å². The second-order valence-electron chi connectivity index (χ2n) is 8.90. The number of aldehydes is 1. The average molecular weight is 332 g/mol. The summed E-state index contributed by atoms with van der Waals surface area (Å²) in [4.78, 5) is 11.5. The maximum absolute atomic E-state index is 11.5. The van der Waals surface area contributed by atoms with Crippen LogP contribution in [0.1, 0.15) is 59.8 Å². The quantitative estimate of drug-likeness (QED) is 0.626. The Morgan fingerprint density at radius 3 is 2.58 bits per heavy atom. The standard InChI is InChI=1S/C21H32O3/c1-13(2)15-6-7-20(3)8-9-21(4)16(19(15)20)11-17(24-5)14(12-22)10-18(21)23/h10,12-13,16-18,23H,6-9,11H2,1-5H3/t16-,17-,18+,20-,21-/m1/s1. The van der Waals surface area contributed by atoms with Crippen LogP contribution in [0.15, 0.2) is 22.8 Å². The van der Waals surface area contributed by atoms with Crippen molar-refractivity contribution in [3.8, 4) is 0 Å². The summed E-state index contributed by atoms with van der Waals surface area (Å²) in [6.07, 6.45) is 7.16. The molecule has 3 heteroatoms. The molecule has 3 nitrogen and oxygen atoms in total. The van der Waals surface area contributed by atoms with E-state index in [4.69, 9.17) is 4.74 Å². The number of carbonyl (C=O) groups is 1. The molecular weight excluding hydrogens is 300 g/mol. The summed E-state index contributed by atoms with van der Waals surface area (Å²) in [7, 11) is 1.67. The van der Waals surface area contributed by atoms with Gasteiger partial charge in [-0.05, 0) is 55.4 Å². The molecule has 0 bridgehead atoms. The van der Waals surface area contributed by atoms with Gasteiger partial charge in [-0.1, -0.05) is 38.8 Å². The second kappa shape index (κ2) is 6.10. The highest BCUT2D eigenvalue weighted by molar-refractivity contribution is 5.75. The number of aliphatic hydroxyl groups is 1. The fourth-order valence-corrected chi connectivity index (χ4v) is 5.54. The van der Waals surface area contributed by atoms with Crippen molar-refractivity contribution in [2.24, 2.45) is 22.7 Å². The molecular formula is C21H32O3. The molecule has 0 aromatic rings. The summed E-state index contributed by atoms with van der Waals surface area (Å²) >= 11 is 0. The van der Waals surface area contributed by atoms with Crippen LogP contribution < -0.4 is 0 Å².